The molecule has 0 radical (unpaired) electrons. The van der Waals surface area contributed by atoms with Crippen molar-refractivity contribution in [3.63, 3.8) is 0 Å². The van der Waals surface area contributed by atoms with Gasteiger partial charge in [0.1, 0.15) is 0 Å². The summed E-state index contributed by atoms with van der Waals surface area (Å²) < 4.78 is 0. The van der Waals surface area contributed by atoms with E-state index in [9.17, 15) is 0 Å². The lowest BCUT2D eigenvalue weighted by molar-refractivity contribution is 0.207. The molecule has 0 amide bonds. The van der Waals surface area contributed by atoms with E-state index in [0.717, 1.165) is 35.5 Å². The molecule has 0 aliphatic heterocycles. The van der Waals surface area contributed by atoms with E-state index < -0.39 is 0 Å². The summed E-state index contributed by atoms with van der Waals surface area (Å²) in [5.74, 6) is 5.31. The van der Waals surface area contributed by atoms with Crippen molar-refractivity contribution in [3.05, 3.63) is 0 Å². The molecule has 116 valence electrons. The molecule has 0 heterocycles. The fourth-order valence-electron chi connectivity index (χ4n) is 3.61. The maximum atomic E-state index is 2.48. The number of hydrogen-bond donors (Lipinski definition) is 0. The Morgan fingerprint density at radius 3 is 1.42 bits per heavy atom. The van der Waals surface area contributed by atoms with E-state index in [1.807, 2.05) is 0 Å². The molecule has 0 spiro atoms. The fourth-order valence-corrected chi connectivity index (χ4v) is 3.61. The molecule has 0 fully saturated rings. The monoisotopic (exact) mass is 268 g/mol. The molecule has 0 N–H and O–H groups in total. The summed E-state index contributed by atoms with van der Waals surface area (Å²) in [5.41, 5.74) is 0. The van der Waals surface area contributed by atoms with Gasteiger partial charge in [-0.3, -0.25) is 0 Å². The number of hydrogen-bond acceptors (Lipinski definition) is 0. The van der Waals surface area contributed by atoms with Gasteiger partial charge in [0, 0.05) is 0 Å². The second-order valence-corrected chi connectivity index (χ2v) is 7.75. The van der Waals surface area contributed by atoms with Crippen LogP contribution in [0.15, 0.2) is 0 Å². The van der Waals surface area contributed by atoms with Crippen molar-refractivity contribution in [2.75, 3.05) is 0 Å². The molecule has 0 aliphatic rings. The van der Waals surface area contributed by atoms with Gasteiger partial charge in [-0.2, -0.15) is 0 Å². The first-order valence-electron chi connectivity index (χ1n) is 8.81. The lowest BCUT2D eigenvalue weighted by Crippen LogP contribution is -2.20. The van der Waals surface area contributed by atoms with Crippen molar-refractivity contribution in [1.29, 1.82) is 0 Å². The lowest BCUT2D eigenvalue weighted by atomic mass is 9.76. The van der Waals surface area contributed by atoms with Gasteiger partial charge in [-0.15, -0.1) is 0 Å². The first-order valence-corrected chi connectivity index (χ1v) is 8.81. The third-order valence-electron chi connectivity index (χ3n) is 5.13. The van der Waals surface area contributed by atoms with Gasteiger partial charge in [-0.05, 0) is 54.8 Å². The summed E-state index contributed by atoms with van der Waals surface area (Å²) in [7, 11) is 0. The third kappa shape index (κ3) is 8.00. The molecule has 0 aromatic rings. The molecule has 0 aromatic carbocycles. The van der Waals surface area contributed by atoms with Crippen molar-refractivity contribution in [2.24, 2.45) is 35.5 Å². The highest BCUT2D eigenvalue weighted by Crippen LogP contribution is 2.32. The van der Waals surface area contributed by atoms with Crippen molar-refractivity contribution < 1.29 is 0 Å². The minimum Gasteiger partial charge on any atom is -0.0651 e. The van der Waals surface area contributed by atoms with Gasteiger partial charge in [0.2, 0.25) is 0 Å². The first-order chi connectivity index (χ1) is 8.81. The van der Waals surface area contributed by atoms with E-state index in [4.69, 9.17) is 0 Å². The van der Waals surface area contributed by atoms with Crippen LogP contribution in [0.4, 0.5) is 0 Å². The van der Waals surface area contributed by atoms with Crippen LogP contribution in [0.25, 0.3) is 0 Å². The largest absolute Gasteiger partial charge is 0.0651 e. The molecular formula is C19H40. The average Bonchev–Trinajstić information content (AvgIpc) is 2.33. The Hall–Kier alpha value is 0. The average molecular weight is 269 g/mol. The van der Waals surface area contributed by atoms with Gasteiger partial charge in [-0.1, -0.05) is 68.2 Å². The molecular weight excluding hydrogens is 228 g/mol. The Kier molecular flexibility index (Phi) is 9.83. The topological polar surface area (TPSA) is 0 Å². The zero-order chi connectivity index (χ0) is 15.0. The number of rotatable bonds is 10. The zero-order valence-electron chi connectivity index (χ0n) is 15.0. The molecule has 0 bridgehead atoms. The predicted molar refractivity (Wildman–Crippen MR) is 89.4 cm³/mol. The van der Waals surface area contributed by atoms with Gasteiger partial charge >= 0.3 is 0 Å². The van der Waals surface area contributed by atoms with Crippen LogP contribution >= 0.6 is 0 Å². The van der Waals surface area contributed by atoms with E-state index in [1.165, 1.54) is 32.1 Å². The Balaban J connectivity index is 4.28. The Morgan fingerprint density at radius 2 is 1.05 bits per heavy atom. The van der Waals surface area contributed by atoms with Crippen LogP contribution < -0.4 is 0 Å². The summed E-state index contributed by atoms with van der Waals surface area (Å²) >= 11 is 0. The molecule has 0 heteroatoms. The Morgan fingerprint density at radius 1 is 0.579 bits per heavy atom. The third-order valence-corrected chi connectivity index (χ3v) is 5.13. The van der Waals surface area contributed by atoms with E-state index >= 15 is 0 Å². The molecule has 0 rings (SSSR count). The van der Waals surface area contributed by atoms with Crippen LogP contribution in [0.2, 0.25) is 0 Å². The van der Waals surface area contributed by atoms with Gasteiger partial charge < -0.3 is 0 Å². The molecule has 0 aliphatic carbocycles. The summed E-state index contributed by atoms with van der Waals surface area (Å²) in [6.45, 7) is 19.2. The highest BCUT2D eigenvalue weighted by Gasteiger charge is 2.22. The Bertz CT molecular complexity index is 196. The van der Waals surface area contributed by atoms with Crippen molar-refractivity contribution in [3.8, 4) is 0 Å². The first kappa shape index (κ1) is 19.0. The highest BCUT2D eigenvalue weighted by molar-refractivity contribution is 4.72. The second kappa shape index (κ2) is 9.83. The minimum absolute atomic E-state index is 0.831. The summed E-state index contributed by atoms with van der Waals surface area (Å²) in [4.78, 5) is 0. The summed E-state index contributed by atoms with van der Waals surface area (Å²) in [6, 6.07) is 0. The van der Waals surface area contributed by atoms with Gasteiger partial charge in [0.15, 0.2) is 0 Å². The van der Waals surface area contributed by atoms with Crippen LogP contribution in [-0.2, 0) is 0 Å². The SMILES string of the molecule is CCC(C)CC(CC)CC(C)CC(C(C)C)C(C)C. The van der Waals surface area contributed by atoms with Crippen LogP contribution in [0.1, 0.15) is 87.5 Å². The lowest BCUT2D eigenvalue weighted by Gasteiger charge is -2.30. The van der Waals surface area contributed by atoms with Gasteiger partial charge in [-0.25, -0.2) is 0 Å². The quantitative estimate of drug-likeness (QED) is 0.409. The zero-order valence-corrected chi connectivity index (χ0v) is 15.0. The molecule has 0 saturated carbocycles. The van der Waals surface area contributed by atoms with Crippen LogP contribution in [-0.4, -0.2) is 0 Å². The van der Waals surface area contributed by atoms with E-state index in [2.05, 4.69) is 55.4 Å². The Labute approximate surface area is 123 Å². The second-order valence-electron chi connectivity index (χ2n) is 7.75. The molecule has 0 aromatic heterocycles. The normalized spacial score (nSPS) is 17.2. The summed E-state index contributed by atoms with van der Waals surface area (Å²) in [6.07, 6.45) is 7.00. The molecule has 0 nitrogen and oxygen atoms in total. The van der Waals surface area contributed by atoms with E-state index in [-0.39, 0.29) is 0 Å². The fraction of sp³-hybridized carbons (Fsp3) is 1.00. The van der Waals surface area contributed by atoms with Crippen LogP contribution in [0.3, 0.4) is 0 Å². The van der Waals surface area contributed by atoms with E-state index in [0.29, 0.717) is 0 Å². The minimum atomic E-state index is 0.831. The smallest absolute Gasteiger partial charge is 0.0365 e. The maximum Gasteiger partial charge on any atom is -0.0365 e. The maximum absolute atomic E-state index is 2.48. The molecule has 19 heavy (non-hydrogen) atoms. The molecule has 3 atom stereocenters. The van der Waals surface area contributed by atoms with Crippen LogP contribution in [0, 0.1) is 35.5 Å². The van der Waals surface area contributed by atoms with Gasteiger partial charge in [0.05, 0.1) is 0 Å². The van der Waals surface area contributed by atoms with Crippen LogP contribution in [0.5, 0.6) is 0 Å². The van der Waals surface area contributed by atoms with Gasteiger partial charge in [0.25, 0.3) is 0 Å². The molecule has 3 unspecified atom stereocenters. The summed E-state index contributed by atoms with van der Waals surface area (Å²) in [5, 5.41) is 0. The van der Waals surface area contributed by atoms with Crippen molar-refractivity contribution in [2.45, 2.75) is 87.5 Å². The van der Waals surface area contributed by atoms with Crippen molar-refractivity contribution in [1.82, 2.24) is 0 Å². The molecule has 0 saturated heterocycles. The highest BCUT2D eigenvalue weighted by atomic mass is 14.3. The standard InChI is InChI=1S/C19H40/c1-9-16(7)11-18(10-2)12-17(8)13-19(14(3)4)15(5)6/h14-19H,9-13H2,1-8H3. The van der Waals surface area contributed by atoms with E-state index in [1.54, 1.807) is 0 Å². The predicted octanol–water partition coefficient (Wildman–Crippen LogP) is 6.79. The van der Waals surface area contributed by atoms with Crippen molar-refractivity contribution >= 4 is 0 Å².